The number of aryl methyl sites for hydroxylation is 2. The van der Waals surface area contributed by atoms with Crippen molar-refractivity contribution in [3.05, 3.63) is 29.3 Å². The summed E-state index contributed by atoms with van der Waals surface area (Å²) in [4.78, 5) is 24.7. The Balaban J connectivity index is 2.85. The van der Waals surface area contributed by atoms with Crippen LogP contribution in [0.1, 0.15) is 51.7 Å². The standard InChI is InChI=1S/C18H28N2O2/c1-7-8-14(20-18(4,5)6)16(21)17(22)19-15-11-12(2)9-10-13(15)3/h9-11,14,20H,7-8H2,1-6H3,(H,19,22). The van der Waals surface area contributed by atoms with E-state index in [1.165, 1.54) is 0 Å². The van der Waals surface area contributed by atoms with Crippen LogP contribution in [-0.2, 0) is 9.59 Å². The summed E-state index contributed by atoms with van der Waals surface area (Å²) in [5.41, 5.74) is 2.48. The molecule has 1 amide bonds. The molecule has 122 valence electrons. The summed E-state index contributed by atoms with van der Waals surface area (Å²) < 4.78 is 0. The number of rotatable bonds is 6. The Morgan fingerprint density at radius 2 is 1.82 bits per heavy atom. The van der Waals surface area contributed by atoms with Gasteiger partial charge in [0.25, 0.3) is 5.91 Å². The SMILES string of the molecule is CCCC(NC(C)(C)C)C(=O)C(=O)Nc1cc(C)ccc1C. The van der Waals surface area contributed by atoms with Crippen LogP contribution in [-0.4, -0.2) is 23.3 Å². The first-order chi connectivity index (χ1) is 10.1. The number of amides is 1. The topological polar surface area (TPSA) is 58.2 Å². The van der Waals surface area contributed by atoms with Crippen LogP contribution in [0.2, 0.25) is 0 Å². The molecule has 4 heteroatoms. The molecule has 22 heavy (non-hydrogen) atoms. The van der Waals surface area contributed by atoms with Gasteiger partial charge in [-0.15, -0.1) is 0 Å². The lowest BCUT2D eigenvalue weighted by Gasteiger charge is -2.27. The number of hydrogen-bond donors (Lipinski definition) is 2. The monoisotopic (exact) mass is 304 g/mol. The summed E-state index contributed by atoms with van der Waals surface area (Å²) in [6, 6.07) is 5.35. The highest BCUT2D eigenvalue weighted by atomic mass is 16.2. The number of hydrogen-bond acceptors (Lipinski definition) is 3. The largest absolute Gasteiger partial charge is 0.319 e. The molecule has 1 aromatic carbocycles. The number of carbonyl (C=O) groups is 2. The summed E-state index contributed by atoms with van der Waals surface area (Å²) in [6.45, 7) is 11.9. The van der Waals surface area contributed by atoms with Gasteiger partial charge in [-0.25, -0.2) is 0 Å². The van der Waals surface area contributed by atoms with Crippen LogP contribution < -0.4 is 10.6 Å². The van der Waals surface area contributed by atoms with Gasteiger partial charge in [-0.2, -0.15) is 0 Å². The Labute approximate surface area is 133 Å². The second-order valence-corrected chi connectivity index (χ2v) is 6.87. The van der Waals surface area contributed by atoms with E-state index in [-0.39, 0.29) is 5.54 Å². The fourth-order valence-corrected chi connectivity index (χ4v) is 2.29. The summed E-state index contributed by atoms with van der Waals surface area (Å²) >= 11 is 0. The minimum absolute atomic E-state index is 0.213. The van der Waals surface area contributed by atoms with Crippen molar-refractivity contribution in [1.82, 2.24) is 5.32 Å². The van der Waals surface area contributed by atoms with E-state index in [4.69, 9.17) is 0 Å². The molecule has 1 rings (SSSR count). The Bertz CT molecular complexity index is 545. The molecule has 1 aromatic rings. The Hall–Kier alpha value is -1.68. The number of anilines is 1. The molecular formula is C18H28N2O2. The van der Waals surface area contributed by atoms with Gasteiger partial charge in [-0.3, -0.25) is 9.59 Å². The molecule has 0 saturated carbocycles. The van der Waals surface area contributed by atoms with Crippen molar-refractivity contribution in [2.24, 2.45) is 0 Å². The Morgan fingerprint density at radius 3 is 2.36 bits per heavy atom. The summed E-state index contributed by atoms with van der Waals surface area (Å²) in [6.07, 6.45) is 1.49. The number of Topliss-reactive ketones (excluding diaryl/α,β-unsaturated/α-hetero) is 1. The maximum Gasteiger partial charge on any atom is 0.293 e. The zero-order valence-electron chi connectivity index (χ0n) is 14.5. The highest BCUT2D eigenvalue weighted by Gasteiger charge is 2.28. The van der Waals surface area contributed by atoms with Gasteiger partial charge < -0.3 is 10.6 Å². The van der Waals surface area contributed by atoms with Gasteiger partial charge in [0.05, 0.1) is 6.04 Å². The van der Waals surface area contributed by atoms with Crippen molar-refractivity contribution in [1.29, 1.82) is 0 Å². The highest BCUT2D eigenvalue weighted by molar-refractivity contribution is 6.42. The quantitative estimate of drug-likeness (QED) is 0.792. The van der Waals surface area contributed by atoms with Gasteiger partial charge in [-0.1, -0.05) is 25.5 Å². The van der Waals surface area contributed by atoms with E-state index in [2.05, 4.69) is 10.6 Å². The van der Waals surface area contributed by atoms with Crippen molar-refractivity contribution in [3.63, 3.8) is 0 Å². The number of nitrogens with one attached hydrogen (secondary N) is 2. The fourth-order valence-electron chi connectivity index (χ4n) is 2.29. The molecule has 1 atom stereocenters. The number of ketones is 1. The average molecular weight is 304 g/mol. The van der Waals surface area contributed by atoms with Crippen molar-refractivity contribution in [3.8, 4) is 0 Å². The molecule has 2 N–H and O–H groups in total. The molecule has 4 nitrogen and oxygen atoms in total. The first-order valence-corrected chi connectivity index (χ1v) is 7.84. The maximum atomic E-state index is 12.4. The number of carbonyl (C=O) groups excluding carboxylic acids is 2. The lowest BCUT2D eigenvalue weighted by atomic mass is 10.0. The first-order valence-electron chi connectivity index (χ1n) is 7.84. The third-order valence-electron chi connectivity index (χ3n) is 3.37. The first kappa shape index (κ1) is 18.4. The van der Waals surface area contributed by atoms with E-state index in [0.717, 1.165) is 17.5 Å². The predicted molar refractivity (Wildman–Crippen MR) is 91.1 cm³/mol. The van der Waals surface area contributed by atoms with Crippen LogP contribution in [0.25, 0.3) is 0 Å². The Kier molecular flexibility index (Phi) is 6.30. The van der Waals surface area contributed by atoms with E-state index in [1.807, 2.05) is 59.7 Å². The second-order valence-electron chi connectivity index (χ2n) is 6.87. The molecule has 0 fully saturated rings. The van der Waals surface area contributed by atoms with Crippen molar-refractivity contribution < 1.29 is 9.59 Å². The van der Waals surface area contributed by atoms with Crippen molar-refractivity contribution in [2.45, 2.75) is 66.0 Å². The van der Waals surface area contributed by atoms with Crippen LogP contribution in [0.5, 0.6) is 0 Å². The van der Waals surface area contributed by atoms with Crippen LogP contribution >= 0.6 is 0 Å². The third-order valence-corrected chi connectivity index (χ3v) is 3.37. The lowest BCUT2D eigenvalue weighted by Crippen LogP contribution is -2.50. The van der Waals surface area contributed by atoms with Crippen LogP contribution in [0, 0.1) is 13.8 Å². The van der Waals surface area contributed by atoms with Crippen LogP contribution in [0.4, 0.5) is 5.69 Å². The van der Waals surface area contributed by atoms with E-state index < -0.39 is 17.7 Å². The molecule has 0 aliphatic carbocycles. The van der Waals surface area contributed by atoms with E-state index in [9.17, 15) is 9.59 Å². The molecule has 1 unspecified atom stereocenters. The van der Waals surface area contributed by atoms with Gasteiger partial charge >= 0.3 is 0 Å². The normalized spacial score (nSPS) is 12.8. The average Bonchev–Trinajstić information content (AvgIpc) is 2.40. The molecule has 0 bridgehead atoms. The highest BCUT2D eigenvalue weighted by Crippen LogP contribution is 2.17. The lowest BCUT2D eigenvalue weighted by molar-refractivity contribution is -0.136. The maximum absolute atomic E-state index is 12.4. The van der Waals surface area contributed by atoms with Crippen molar-refractivity contribution >= 4 is 17.4 Å². The van der Waals surface area contributed by atoms with E-state index >= 15 is 0 Å². The van der Waals surface area contributed by atoms with E-state index in [1.54, 1.807) is 0 Å². The third kappa shape index (κ3) is 5.60. The van der Waals surface area contributed by atoms with Gasteiger partial charge in [0.15, 0.2) is 0 Å². The minimum Gasteiger partial charge on any atom is -0.319 e. The molecule has 0 saturated heterocycles. The molecule has 0 aliphatic heterocycles. The predicted octanol–water partition coefficient (Wildman–Crippen LogP) is 3.37. The van der Waals surface area contributed by atoms with Gasteiger partial charge in [-0.05, 0) is 58.2 Å². The smallest absolute Gasteiger partial charge is 0.293 e. The molecule has 0 heterocycles. The van der Waals surface area contributed by atoms with Crippen molar-refractivity contribution in [2.75, 3.05) is 5.32 Å². The fraction of sp³-hybridized carbons (Fsp3) is 0.556. The van der Waals surface area contributed by atoms with Gasteiger partial charge in [0.2, 0.25) is 5.78 Å². The summed E-state index contributed by atoms with van der Waals surface area (Å²) in [5.74, 6) is -0.957. The van der Waals surface area contributed by atoms with Gasteiger partial charge in [0.1, 0.15) is 0 Å². The molecular weight excluding hydrogens is 276 g/mol. The molecule has 0 aliphatic rings. The molecule has 0 aromatic heterocycles. The molecule has 0 radical (unpaired) electrons. The summed E-state index contributed by atoms with van der Waals surface area (Å²) in [7, 11) is 0. The second kappa shape index (κ2) is 7.54. The Morgan fingerprint density at radius 1 is 1.18 bits per heavy atom. The number of benzene rings is 1. The molecule has 0 spiro atoms. The van der Waals surface area contributed by atoms with Crippen LogP contribution in [0.15, 0.2) is 18.2 Å². The van der Waals surface area contributed by atoms with Crippen LogP contribution in [0.3, 0.4) is 0 Å². The van der Waals surface area contributed by atoms with E-state index in [0.29, 0.717) is 12.1 Å². The zero-order valence-corrected chi connectivity index (χ0v) is 14.5. The zero-order chi connectivity index (χ0) is 16.9. The van der Waals surface area contributed by atoms with Gasteiger partial charge in [0, 0.05) is 11.2 Å². The minimum atomic E-state index is -0.552. The summed E-state index contributed by atoms with van der Waals surface area (Å²) in [5, 5.41) is 5.99.